The summed E-state index contributed by atoms with van der Waals surface area (Å²) in [6, 6.07) is 0. The fourth-order valence-corrected chi connectivity index (χ4v) is 2.00. The van der Waals surface area contributed by atoms with Crippen molar-refractivity contribution in [2.24, 2.45) is 0 Å². The first kappa shape index (κ1) is 30.2. The van der Waals surface area contributed by atoms with Gasteiger partial charge in [-0.15, -0.1) is 0 Å². The molecule has 0 rings (SSSR count). The molecule has 0 saturated carbocycles. The maximum Gasteiger partial charge on any atom is 0.246 e. The number of rotatable bonds is 17. The average molecular weight is 488 g/mol. The van der Waals surface area contributed by atoms with E-state index in [-0.39, 0.29) is 57.6 Å². The van der Waals surface area contributed by atoms with Crippen LogP contribution in [0.5, 0.6) is 0 Å². The lowest BCUT2D eigenvalue weighted by Crippen LogP contribution is -2.44. The Morgan fingerprint density at radius 1 is 0.529 bits per heavy atom. The van der Waals surface area contributed by atoms with Gasteiger partial charge in [0.25, 0.3) is 0 Å². The summed E-state index contributed by atoms with van der Waals surface area (Å²) in [6.07, 6.45) is 0.673. The topological polar surface area (TPSA) is 213 Å². The highest BCUT2D eigenvalue weighted by atomic mass is 16.5. The Balaban J connectivity index is 3.80. The van der Waals surface area contributed by atoms with Crippen molar-refractivity contribution in [3.05, 3.63) is 0 Å². The maximum atomic E-state index is 11.7. The summed E-state index contributed by atoms with van der Waals surface area (Å²) in [5.41, 5.74) is 0. The quantitative estimate of drug-likeness (QED) is 0.106. The lowest BCUT2D eigenvalue weighted by atomic mass is 10.3. The van der Waals surface area contributed by atoms with Crippen LogP contribution in [-0.4, -0.2) is 101 Å². The number of hydrogen-bond donors (Lipinski definition) is 7. The summed E-state index contributed by atoms with van der Waals surface area (Å²) in [5, 5.41) is 16.5. The zero-order chi connectivity index (χ0) is 25.8. The largest absolute Gasteiger partial charge is 0.362 e. The molecule has 15 heteroatoms. The fraction of sp³-hybridized carbons (Fsp3) is 0.632. The van der Waals surface area contributed by atoms with E-state index < -0.39 is 36.1 Å². The molecule has 7 amide bonds. The van der Waals surface area contributed by atoms with Gasteiger partial charge < -0.3 is 42.0 Å². The molecule has 7 N–H and O–H groups in total. The molecule has 0 aromatic carbocycles. The van der Waals surface area contributed by atoms with E-state index in [1.807, 2.05) is 6.92 Å². The van der Waals surface area contributed by atoms with Crippen molar-refractivity contribution in [1.82, 2.24) is 37.2 Å². The third-order valence-electron chi connectivity index (χ3n) is 3.78. The van der Waals surface area contributed by atoms with E-state index in [4.69, 9.17) is 4.74 Å². The number of amides is 7. The molecule has 192 valence electrons. The number of likely N-dealkylation sites (N-methyl/N-ethyl adjacent to an activating group) is 1. The van der Waals surface area contributed by atoms with Crippen LogP contribution in [0.4, 0.5) is 0 Å². The Morgan fingerprint density at radius 3 is 1.47 bits per heavy atom. The molecule has 0 radical (unpaired) electrons. The van der Waals surface area contributed by atoms with Gasteiger partial charge in [0, 0.05) is 26.6 Å². The van der Waals surface area contributed by atoms with Crippen LogP contribution < -0.4 is 37.2 Å². The van der Waals surface area contributed by atoms with Crippen LogP contribution in [0.3, 0.4) is 0 Å². The molecule has 34 heavy (non-hydrogen) atoms. The van der Waals surface area contributed by atoms with Crippen LogP contribution in [0.15, 0.2) is 0 Å². The molecule has 0 fully saturated rings. The molecule has 0 heterocycles. The van der Waals surface area contributed by atoms with Gasteiger partial charge in [0.05, 0.1) is 26.2 Å². The number of carbonyl (C=O) groups is 7. The van der Waals surface area contributed by atoms with E-state index in [1.54, 1.807) is 0 Å². The van der Waals surface area contributed by atoms with Gasteiger partial charge in [0.15, 0.2) is 0 Å². The second-order valence-electron chi connectivity index (χ2n) is 6.72. The van der Waals surface area contributed by atoms with Crippen LogP contribution >= 0.6 is 0 Å². The first-order valence-corrected chi connectivity index (χ1v) is 10.6. The molecule has 0 aliphatic heterocycles. The van der Waals surface area contributed by atoms with E-state index in [2.05, 4.69) is 37.2 Å². The van der Waals surface area contributed by atoms with Crippen molar-refractivity contribution >= 4 is 41.4 Å². The Kier molecular flexibility index (Phi) is 16.7. The highest BCUT2D eigenvalue weighted by molar-refractivity contribution is 5.89. The molecule has 15 nitrogen and oxygen atoms in total. The second-order valence-corrected chi connectivity index (χ2v) is 6.72. The highest BCUT2D eigenvalue weighted by Gasteiger charge is 2.10. The standard InChI is InChI=1S/C19H33N7O8/c1-3-5-21-18(32)11-34-12-19(33)26-10-17(31)25-8-15(29)22-6-4-13(27)23-9-16(30)24-7-14(28)20-2/h3-12H2,1-2H3,(H,20,28)(H,21,32)(H,22,29)(H,23,27)(H,24,30)(H,25,31)(H,26,33). The van der Waals surface area contributed by atoms with Crippen molar-refractivity contribution < 1.29 is 38.3 Å². The molecular formula is C19H33N7O8. The van der Waals surface area contributed by atoms with Gasteiger partial charge in [-0.1, -0.05) is 6.92 Å². The van der Waals surface area contributed by atoms with Crippen LogP contribution in [0.2, 0.25) is 0 Å². The van der Waals surface area contributed by atoms with Crippen molar-refractivity contribution in [3.63, 3.8) is 0 Å². The number of nitrogens with one attached hydrogen (secondary N) is 7. The predicted octanol–water partition coefficient (Wildman–Crippen LogP) is -4.75. The lowest BCUT2D eigenvalue weighted by molar-refractivity contribution is -0.132. The summed E-state index contributed by atoms with van der Waals surface area (Å²) >= 11 is 0. The zero-order valence-corrected chi connectivity index (χ0v) is 19.3. The van der Waals surface area contributed by atoms with Crippen LogP contribution in [0.25, 0.3) is 0 Å². The van der Waals surface area contributed by atoms with Crippen molar-refractivity contribution in [2.75, 3.05) is 59.5 Å². The third-order valence-corrected chi connectivity index (χ3v) is 3.78. The molecular weight excluding hydrogens is 454 g/mol. The molecule has 0 spiro atoms. The van der Waals surface area contributed by atoms with Gasteiger partial charge in [-0.2, -0.15) is 0 Å². The monoisotopic (exact) mass is 487 g/mol. The van der Waals surface area contributed by atoms with Gasteiger partial charge >= 0.3 is 0 Å². The maximum absolute atomic E-state index is 11.7. The lowest BCUT2D eigenvalue weighted by Gasteiger charge is -2.09. The van der Waals surface area contributed by atoms with Gasteiger partial charge in [0.1, 0.15) is 13.2 Å². The average Bonchev–Trinajstić information content (AvgIpc) is 2.81. The Labute approximate surface area is 196 Å². The van der Waals surface area contributed by atoms with Crippen molar-refractivity contribution in [1.29, 1.82) is 0 Å². The molecule has 0 aromatic rings. The highest BCUT2D eigenvalue weighted by Crippen LogP contribution is 1.80. The summed E-state index contributed by atoms with van der Waals surface area (Å²) in [4.78, 5) is 80.3. The first-order valence-electron chi connectivity index (χ1n) is 10.6. The summed E-state index contributed by atoms with van der Waals surface area (Å²) in [6.45, 7) is 0.426. The molecule has 0 aliphatic carbocycles. The zero-order valence-electron chi connectivity index (χ0n) is 19.3. The Bertz CT molecular complexity index is 729. The van der Waals surface area contributed by atoms with E-state index in [0.29, 0.717) is 6.54 Å². The predicted molar refractivity (Wildman–Crippen MR) is 118 cm³/mol. The SMILES string of the molecule is CCCNC(=O)COCC(=O)NCC(=O)NCC(=O)NCCC(=O)NCC(=O)NCC(=O)NC. The van der Waals surface area contributed by atoms with Gasteiger partial charge in [-0.05, 0) is 6.42 Å². The molecule has 0 bridgehead atoms. The van der Waals surface area contributed by atoms with E-state index in [1.165, 1.54) is 7.05 Å². The second kappa shape index (κ2) is 18.8. The molecule has 0 aliphatic rings. The minimum Gasteiger partial charge on any atom is -0.362 e. The molecule has 0 atom stereocenters. The van der Waals surface area contributed by atoms with E-state index >= 15 is 0 Å². The van der Waals surface area contributed by atoms with Gasteiger partial charge in [-0.25, -0.2) is 0 Å². The minimum absolute atomic E-state index is 0.0275. The fourth-order valence-electron chi connectivity index (χ4n) is 2.00. The Morgan fingerprint density at radius 2 is 0.941 bits per heavy atom. The number of carbonyl (C=O) groups excluding carboxylic acids is 7. The Hall–Kier alpha value is -3.75. The normalized spacial score (nSPS) is 9.82. The summed E-state index contributed by atoms with van der Waals surface area (Å²) < 4.78 is 4.91. The number of ether oxygens (including phenoxy) is 1. The van der Waals surface area contributed by atoms with Crippen LogP contribution in [0.1, 0.15) is 19.8 Å². The van der Waals surface area contributed by atoms with Crippen molar-refractivity contribution in [2.45, 2.75) is 19.8 Å². The van der Waals surface area contributed by atoms with E-state index in [9.17, 15) is 33.6 Å². The van der Waals surface area contributed by atoms with Gasteiger partial charge in [0.2, 0.25) is 41.4 Å². The number of hydrogen-bond acceptors (Lipinski definition) is 8. The third kappa shape index (κ3) is 17.9. The molecule has 0 unspecified atom stereocenters. The van der Waals surface area contributed by atoms with Crippen molar-refractivity contribution in [3.8, 4) is 0 Å². The van der Waals surface area contributed by atoms with Gasteiger partial charge in [-0.3, -0.25) is 33.6 Å². The molecule has 0 aromatic heterocycles. The first-order chi connectivity index (χ1) is 16.2. The van der Waals surface area contributed by atoms with Crippen LogP contribution in [0, 0.1) is 0 Å². The van der Waals surface area contributed by atoms with E-state index in [0.717, 1.165) is 6.42 Å². The summed E-state index contributed by atoms with van der Waals surface area (Å²) in [7, 11) is 1.42. The smallest absolute Gasteiger partial charge is 0.246 e. The molecule has 0 saturated heterocycles. The van der Waals surface area contributed by atoms with Crippen LogP contribution in [-0.2, 0) is 38.3 Å². The minimum atomic E-state index is -0.621. The summed E-state index contributed by atoms with van der Waals surface area (Å²) in [5.74, 6) is -3.54.